The molecule has 2 aromatic rings. The van der Waals surface area contributed by atoms with E-state index >= 15 is 0 Å². The standard InChI is InChI=1S/C11H6BrF2NO/c12-7-4-8(13)6-9(5-7)16-11-3-1-2-10(14)15-11/h1-6H. The van der Waals surface area contributed by atoms with Crippen LogP contribution in [0.15, 0.2) is 40.9 Å². The van der Waals surface area contributed by atoms with E-state index in [-0.39, 0.29) is 11.6 Å². The van der Waals surface area contributed by atoms with E-state index in [1.807, 2.05) is 0 Å². The molecule has 0 aliphatic rings. The lowest BCUT2D eigenvalue weighted by Gasteiger charge is -2.04. The van der Waals surface area contributed by atoms with E-state index in [9.17, 15) is 8.78 Å². The molecule has 0 aliphatic carbocycles. The van der Waals surface area contributed by atoms with Crippen LogP contribution < -0.4 is 4.74 Å². The van der Waals surface area contributed by atoms with E-state index in [0.29, 0.717) is 4.47 Å². The number of aromatic nitrogens is 1. The quantitative estimate of drug-likeness (QED) is 0.781. The maximum absolute atomic E-state index is 13.0. The van der Waals surface area contributed by atoms with Gasteiger partial charge in [0.25, 0.3) is 0 Å². The molecule has 0 radical (unpaired) electrons. The Kier molecular flexibility index (Phi) is 3.14. The van der Waals surface area contributed by atoms with Crippen molar-refractivity contribution in [3.05, 3.63) is 52.6 Å². The number of benzene rings is 1. The summed E-state index contributed by atoms with van der Waals surface area (Å²) in [4.78, 5) is 3.50. The Labute approximate surface area is 99.0 Å². The highest BCUT2D eigenvalue weighted by molar-refractivity contribution is 9.10. The number of hydrogen-bond donors (Lipinski definition) is 0. The first-order valence-electron chi connectivity index (χ1n) is 4.40. The Morgan fingerprint density at radius 3 is 2.62 bits per heavy atom. The van der Waals surface area contributed by atoms with Gasteiger partial charge in [0.1, 0.15) is 11.6 Å². The van der Waals surface area contributed by atoms with Crippen LogP contribution in [0.3, 0.4) is 0 Å². The molecule has 0 saturated carbocycles. The maximum atomic E-state index is 13.0. The number of pyridine rings is 1. The highest BCUT2D eigenvalue weighted by Gasteiger charge is 2.03. The van der Waals surface area contributed by atoms with Gasteiger partial charge >= 0.3 is 0 Å². The average molecular weight is 286 g/mol. The molecule has 0 N–H and O–H groups in total. The topological polar surface area (TPSA) is 22.1 Å². The summed E-state index contributed by atoms with van der Waals surface area (Å²) in [5.74, 6) is -0.753. The highest BCUT2D eigenvalue weighted by atomic mass is 79.9. The molecule has 1 aromatic heterocycles. The molecule has 1 aromatic carbocycles. The fourth-order valence-electron chi connectivity index (χ4n) is 1.15. The van der Waals surface area contributed by atoms with Gasteiger partial charge in [0.15, 0.2) is 0 Å². The summed E-state index contributed by atoms with van der Waals surface area (Å²) in [5, 5.41) is 0. The van der Waals surface area contributed by atoms with Crippen LogP contribution in [0.25, 0.3) is 0 Å². The van der Waals surface area contributed by atoms with Gasteiger partial charge in [0.05, 0.1) is 0 Å². The van der Waals surface area contributed by atoms with E-state index < -0.39 is 11.8 Å². The van der Waals surface area contributed by atoms with Gasteiger partial charge in [-0.25, -0.2) is 4.39 Å². The molecule has 0 unspecified atom stereocenters. The molecule has 82 valence electrons. The molecule has 2 nitrogen and oxygen atoms in total. The zero-order chi connectivity index (χ0) is 11.5. The van der Waals surface area contributed by atoms with Crippen LogP contribution in [0.5, 0.6) is 11.6 Å². The zero-order valence-corrected chi connectivity index (χ0v) is 9.54. The number of halogens is 3. The van der Waals surface area contributed by atoms with Crippen molar-refractivity contribution in [2.75, 3.05) is 0 Å². The first-order chi connectivity index (χ1) is 7.63. The van der Waals surface area contributed by atoms with Crippen molar-refractivity contribution in [2.24, 2.45) is 0 Å². The minimum atomic E-state index is -0.645. The molecule has 0 saturated heterocycles. The fraction of sp³-hybridized carbons (Fsp3) is 0. The van der Waals surface area contributed by atoms with Crippen LogP contribution in [-0.4, -0.2) is 4.98 Å². The number of rotatable bonds is 2. The first kappa shape index (κ1) is 11.0. The van der Waals surface area contributed by atoms with Crippen LogP contribution >= 0.6 is 15.9 Å². The Morgan fingerprint density at radius 2 is 1.94 bits per heavy atom. The third kappa shape index (κ3) is 2.76. The Balaban J connectivity index is 2.27. The zero-order valence-electron chi connectivity index (χ0n) is 7.95. The molecule has 5 heteroatoms. The summed E-state index contributed by atoms with van der Waals surface area (Å²) >= 11 is 3.13. The second-order valence-corrected chi connectivity index (χ2v) is 3.92. The lowest BCUT2D eigenvalue weighted by molar-refractivity contribution is 0.441. The van der Waals surface area contributed by atoms with Crippen molar-refractivity contribution in [3.8, 4) is 11.6 Å². The summed E-state index contributed by atoms with van der Waals surface area (Å²) in [7, 11) is 0. The molecule has 16 heavy (non-hydrogen) atoms. The summed E-state index contributed by atoms with van der Waals surface area (Å²) in [6.45, 7) is 0. The van der Waals surface area contributed by atoms with Crippen LogP contribution in [0.1, 0.15) is 0 Å². The SMILES string of the molecule is Fc1cc(Br)cc(Oc2cccc(F)n2)c1. The third-order valence-corrected chi connectivity index (χ3v) is 2.21. The Morgan fingerprint density at radius 1 is 1.12 bits per heavy atom. The van der Waals surface area contributed by atoms with E-state index in [1.54, 1.807) is 6.07 Å². The van der Waals surface area contributed by atoms with Gasteiger partial charge in [-0.3, -0.25) is 0 Å². The fourth-order valence-corrected chi connectivity index (χ4v) is 1.60. The Bertz CT molecular complexity index is 499. The van der Waals surface area contributed by atoms with Gasteiger partial charge in [-0.15, -0.1) is 0 Å². The average Bonchev–Trinajstić information content (AvgIpc) is 2.15. The first-order valence-corrected chi connectivity index (χ1v) is 5.19. The molecular weight excluding hydrogens is 280 g/mol. The molecule has 0 bridgehead atoms. The summed E-state index contributed by atoms with van der Waals surface area (Å²) < 4.78 is 31.5. The molecular formula is C11H6BrF2NO. The van der Waals surface area contributed by atoms with Crippen molar-refractivity contribution in [2.45, 2.75) is 0 Å². The van der Waals surface area contributed by atoms with E-state index in [1.165, 1.54) is 30.3 Å². The van der Waals surface area contributed by atoms with Crippen molar-refractivity contribution >= 4 is 15.9 Å². The van der Waals surface area contributed by atoms with Crippen LogP contribution in [-0.2, 0) is 0 Å². The van der Waals surface area contributed by atoms with E-state index in [4.69, 9.17) is 4.74 Å². The van der Waals surface area contributed by atoms with Gasteiger partial charge in [0.2, 0.25) is 11.8 Å². The van der Waals surface area contributed by atoms with Crippen molar-refractivity contribution in [3.63, 3.8) is 0 Å². The van der Waals surface area contributed by atoms with Crippen LogP contribution in [0.4, 0.5) is 8.78 Å². The summed E-state index contributed by atoms with van der Waals surface area (Å²) in [5.41, 5.74) is 0. The van der Waals surface area contributed by atoms with Crippen molar-refractivity contribution < 1.29 is 13.5 Å². The smallest absolute Gasteiger partial charge is 0.221 e. The van der Waals surface area contributed by atoms with E-state index in [2.05, 4.69) is 20.9 Å². The van der Waals surface area contributed by atoms with Gasteiger partial charge < -0.3 is 4.74 Å². The number of ether oxygens (including phenoxy) is 1. The van der Waals surface area contributed by atoms with Gasteiger partial charge in [-0.2, -0.15) is 9.37 Å². The maximum Gasteiger partial charge on any atom is 0.221 e. The predicted molar refractivity (Wildman–Crippen MR) is 58.4 cm³/mol. The van der Waals surface area contributed by atoms with Crippen LogP contribution in [0.2, 0.25) is 0 Å². The molecule has 0 amide bonds. The second-order valence-electron chi connectivity index (χ2n) is 3.01. The van der Waals surface area contributed by atoms with Crippen molar-refractivity contribution in [1.82, 2.24) is 4.98 Å². The molecule has 0 spiro atoms. The van der Waals surface area contributed by atoms with Crippen molar-refractivity contribution in [1.29, 1.82) is 0 Å². The predicted octanol–water partition coefficient (Wildman–Crippen LogP) is 3.91. The molecule has 0 aliphatic heterocycles. The minimum absolute atomic E-state index is 0.0810. The molecule has 1 heterocycles. The third-order valence-electron chi connectivity index (χ3n) is 1.75. The summed E-state index contributed by atoms with van der Waals surface area (Å²) in [6, 6.07) is 8.21. The number of hydrogen-bond acceptors (Lipinski definition) is 2. The normalized spacial score (nSPS) is 10.2. The van der Waals surface area contributed by atoms with E-state index in [0.717, 1.165) is 0 Å². The van der Waals surface area contributed by atoms with Crippen LogP contribution in [0, 0.1) is 11.8 Å². The highest BCUT2D eigenvalue weighted by Crippen LogP contribution is 2.24. The lowest BCUT2D eigenvalue weighted by atomic mass is 10.3. The lowest BCUT2D eigenvalue weighted by Crippen LogP contribution is -1.90. The van der Waals surface area contributed by atoms with Gasteiger partial charge in [-0.1, -0.05) is 22.0 Å². The molecule has 0 fully saturated rings. The van der Waals surface area contributed by atoms with Gasteiger partial charge in [-0.05, 0) is 18.2 Å². The second kappa shape index (κ2) is 4.57. The molecule has 0 atom stereocenters. The number of nitrogens with zero attached hydrogens (tertiary/aromatic N) is 1. The molecule has 2 rings (SSSR count). The summed E-state index contributed by atoms with van der Waals surface area (Å²) in [6.07, 6.45) is 0. The largest absolute Gasteiger partial charge is 0.439 e. The Hall–Kier alpha value is -1.49. The van der Waals surface area contributed by atoms with Gasteiger partial charge in [0, 0.05) is 16.6 Å². The monoisotopic (exact) mass is 285 g/mol. The minimum Gasteiger partial charge on any atom is -0.439 e.